The normalized spacial score (nSPS) is 14.6. The van der Waals surface area contributed by atoms with Crippen LogP contribution in [0.25, 0.3) is 34.4 Å². The standard InChI is InChI=1S/C48H52N6O8S/c1-31(2)37-11-7-9-13-39(37)45-35(17-21-43(57)51-27-23-49(24-28-51)33(5)55)15-19-41(47(45)53(59)60)63-42-20-16-36(18-22-44(58)52-29-25-50(26-30-52)34(6)56)46(48(42)54(61)62)40-14-10-8-12-38(40)32(3)4/h7-22,31-32H,23-30H2,1-6H3/b21-17+,22-18+. The zero-order valence-electron chi connectivity index (χ0n) is 36.4. The molecule has 14 nitrogen and oxygen atoms in total. The zero-order chi connectivity index (χ0) is 45.5. The van der Waals surface area contributed by atoms with Gasteiger partial charge in [-0.15, -0.1) is 0 Å². The van der Waals surface area contributed by atoms with Gasteiger partial charge >= 0.3 is 0 Å². The molecule has 4 amide bonds. The van der Waals surface area contributed by atoms with Crippen LogP contribution in [0.1, 0.15) is 75.6 Å². The van der Waals surface area contributed by atoms with E-state index in [-0.39, 0.29) is 67.8 Å². The van der Waals surface area contributed by atoms with Crippen LogP contribution in [0, 0.1) is 20.2 Å². The molecule has 2 aliphatic heterocycles. The first-order chi connectivity index (χ1) is 30.1. The van der Waals surface area contributed by atoms with E-state index in [1.807, 2.05) is 52.0 Å². The largest absolute Gasteiger partial charge is 0.339 e. The molecule has 0 aliphatic carbocycles. The Bertz CT molecular complexity index is 2330. The molecular weight excluding hydrogens is 821 g/mol. The van der Waals surface area contributed by atoms with E-state index in [0.29, 0.717) is 74.6 Å². The summed E-state index contributed by atoms with van der Waals surface area (Å²) in [6, 6.07) is 21.2. The number of carbonyl (C=O) groups excluding carboxylic acids is 4. The lowest BCUT2D eigenvalue weighted by molar-refractivity contribution is -0.387. The lowest BCUT2D eigenvalue weighted by atomic mass is 9.89. The maximum Gasteiger partial charge on any atom is 0.291 e. The van der Waals surface area contributed by atoms with Crippen molar-refractivity contribution in [3.05, 3.63) is 127 Å². The summed E-state index contributed by atoms with van der Waals surface area (Å²) < 4.78 is 0. The SMILES string of the molecule is CC(=O)N1CCN(C(=O)/C=C/c2ccc(Sc3ccc(/C=C/C(=O)N4CCN(C(C)=O)CC4)c(-c4ccccc4C(C)C)c3[N+](=O)[O-])c([N+](=O)[O-])c2-c2ccccc2C(C)C)CC1. The van der Waals surface area contributed by atoms with Gasteiger partial charge < -0.3 is 19.6 Å². The third-order valence-corrected chi connectivity index (χ3v) is 12.6. The zero-order valence-corrected chi connectivity index (χ0v) is 37.2. The lowest BCUT2D eigenvalue weighted by Crippen LogP contribution is -2.49. The van der Waals surface area contributed by atoms with E-state index in [2.05, 4.69) is 0 Å². The first-order valence-corrected chi connectivity index (χ1v) is 21.8. The van der Waals surface area contributed by atoms with Gasteiger partial charge in [-0.1, -0.05) is 100 Å². The van der Waals surface area contributed by atoms with Gasteiger partial charge in [0.2, 0.25) is 23.6 Å². The number of hydrogen-bond acceptors (Lipinski definition) is 9. The molecule has 0 spiro atoms. The minimum atomic E-state index is -0.478. The van der Waals surface area contributed by atoms with Crippen molar-refractivity contribution in [2.24, 2.45) is 0 Å². The molecule has 2 saturated heterocycles. The number of nitrogens with zero attached hydrogens (tertiary/aromatic N) is 6. The van der Waals surface area contributed by atoms with Gasteiger partial charge in [-0.05, 0) is 69.5 Å². The molecule has 4 aromatic carbocycles. The van der Waals surface area contributed by atoms with Gasteiger partial charge in [0.15, 0.2) is 0 Å². The van der Waals surface area contributed by atoms with Crippen LogP contribution in [-0.2, 0) is 19.2 Å². The Hall–Kier alpha value is -6.61. The lowest BCUT2D eigenvalue weighted by Gasteiger charge is -2.33. The Morgan fingerprint density at radius 2 is 0.873 bits per heavy atom. The minimum absolute atomic E-state index is 0.0320. The monoisotopic (exact) mass is 872 g/mol. The van der Waals surface area contributed by atoms with Crippen molar-refractivity contribution in [3.63, 3.8) is 0 Å². The third-order valence-electron chi connectivity index (χ3n) is 11.5. The van der Waals surface area contributed by atoms with E-state index in [9.17, 15) is 39.4 Å². The van der Waals surface area contributed by atoms with Crippen molar-refractivity contribution >= 4 is 58.9 Å². The smallest absolute Gasteiger partial charge is 0.291 e. The van der Waals surface area contributed by atoms with Crippen molar-refractivity contribution in [2.75, 3.05) is 52.4 Å². The molecule has 0 atom stereocenters. The summed E-state index contributed by atoms with van der Waals surface area (Å²) in [5, 5.41) is 26.8. The quantitative estimate of drug-likeness (QED) is 0.0769. The van der Waals surface area contributed by atoms with E-state index < -0.39 is 9.85 Å². The molecular formula is C48H52N6O8S. The highest BCUT2D eigenvalue weighted by molar-refractivity contribution is 7.99. The number of carbonyl (C=O) groups is 4. The van der Waals surface area contributed by atoms with Crippen LogP contribution in [0.15, 0.2) is 94.7 Å². The highest BCUT2D eigenvalue weighted by Crippen LogP contribution is 2.50. The molecule has 0 unspecified atom stereocenters. The summed E-state index contributed by atoms with van der Waals surface area (Å²) >= 11 is 0.914. The fourth-order valence-corrected chi connectivity index (χ4v) is 9.19. The first kappa shape index (κ1) is 45.9. The van der Waals surface area contributed by atoms with Gasteiger partial charge in [0.1, 0.15) is 0 Å². The van der Waals surface area contributed by atoms with Crippen LogP contribution in [0.3, 0.4) is 0 Å². The predicted molar refractivity (Wildman–Crippen MR) is 245 cm³/mol. The van der Waals surface area contributed by atoms with Crippen LogP contribution >= 0.6 is 11.8 Å². The Balaban J connectivity index is 1.48. The van der Waals surface area contributed by atoms with Gasteiger partial charge in [0.05, 0.1) is 30.8 Å². The third kappa shape index (κ3) is 10.4. The number of piperazine rings is 2. The van der Waals surface area contributed by atoms with Gasteiger partial charge in [0.25, 0.3) is 11.4 Å². The van der Waals surface area contributed by atoms with E-state index in [0.717, 1.165) is 22.9 Å². The number of nitro groups is 2. The van der Waals surface area contributed by atoms with Gasteiger partial charge in [-0.25, -0.2) is 0 Å². The Morgan fingerprint density at radius 1 is 0.540 bits per heavy atom. The molecule has 2 aliphatic rings. The molecule has 0 bridgehead atoms. The van der Waals surface area contributed by atoms with E-state index in [4.69, 9.17) is 0 Å². The molecule has 0 radical (unpaired) electrons. The van der Waals surface area contributed by atoms with Crippen LogP contribution < -0.4 is 0 Å². The number of nitro benzene ring substituents is 2. The van der Waals surface area contributed by atoms with E-state index in [1.165, 1.54) is 26.0 Å². The topological polar surface area (TPSA) is 168 Å². The molecule has 4 aromatic rings. The molecule has 328 valence electrons. The number of amides is 4. The summed E-state index contributed by atoms with van der Waals surface area (Å²) in [4.78, 5) is 83.4. The average molecular weight is 873 g/mol. The Morgan fingerprint density at radius 3 is 1.19 bits per heavy atom. The van der Waals surface area contributed by atoms with E-state index in [1.54, 1.807) is 80.3 Å². The van der Waals surface area contributed by atoms with Gasteiger partial charge in [0, 0.05) is 78.4 Å². The molecule has 0 aromatic heterocycles. The van der Waals surface area contributed by atoms with Crippen LogP contribution in [0.2, 0.25) is 0 Å². The molecule has 2 fully saturated rings. The summed E-state index contributed by atoms with van der Waals surface area (Å²) in [6.45, 7) is 14.0. The summed E-state index contributed by atoms with van der Waals surface area (Å²) in [6.07, 6.45) is 5.93. The van der Waals surface area contributed by atoms with E-state index >= 15 is 0 Å². The van der Waals surface area contributed by atoms with Gasteiger partial charge in [-0.3, -0.25) is 39.4 Å². The van der Waals surface area contributed by atoms with Crippen molar-refractivity contribution < 1.29 is 29.0 Å². The second-order valence-electron chi connectivity index (χ2n) is 16.2. The number of benzene rings is 4. The van der Waals surface area contributed by atoms with Crippen LogP contribution in [0.4, 0.5) is 11.4 Å². The average Bonchev–Trinajstić information content (AvgIpc) is 3.27. The van der Waals surface area contributed by atoms with Crippen LogP contribution in [0.5, 0.6) is 0 Å². The first-order valence-electron chi connectivity index (χ1n) is 21.0. The van der Waals surface area contributed by atoms with Crippen molar-refractivity contribution in [3.8, 4) is 22.3 Å². The van der Waals surface area contributed by atoms with Crippen molar-refractivity contribution in [2.45, 2.75) is 63.2 Å². The Kier molecular flexibility index (Phi) is 14.6. The summed E-state index contributed by atoms with van der Waals surface area (Å²) in [5.41, 5.74) is 3.72. The number of rotatable bonds is 12. The molecule has 0 N–H and O–H groups in total. The van der Waals surface area contributed by atoms with Crippen LogP contribution in [-0.4, -0.2) is 105 Å². The highest BCUT2D eigenvalue weighted by atomic mass is 32.2. The second-order valence-corrected chi connectivity index (χ2v) is 17.3. The molecule has 2 heterocycles. The predicted octanol–water partition coefficient (Wildman–Crippen LogP) is 8.64. The minimum Gasteiger partial charge on any atom is -0.339 e. The van der Waals surface area contributed by atoms with Crippen molar-refractivity contribution in [1.82, 2.24) is 19.6 Å². The molecule has 63 heavy (non-hydrogen) atoms. The summed E-state index contributed by atoms with van der Waals surface area (Å²) in [5.74, 6) is -0.769. The molecule has 15 heteroatoms. The fraction of sp³-hybridized carbons (Fsp3) is 0.333. The molecule has 6 rings (SSSR count). The fourth-order valence-electron chi connectivity index (χ4n) is 8.14. The molecule has 0 saturated carbocycles. The summed E-state index contributed by atoms with van der Waals surface area (Å²) in [7, 11) is 0. The second kappa shape index (κ2) is 20.1. The maximum absolute atomic E-state index is 13.4. The van der Waals surface area contributed by atoms with Crippen molar-refractivity contribution in [1.29, 1.82) is 0 Å². The number of hydrogen-bond donors (Lipinski definition) is 0. The maximum atomic E-state index is 13.4. The Labute approximate surface area is 371 Å². The van der Waals surface area contributed by atoms with Gasteiger partial charge in [-0.2, -0.15) is 0 Å². The highest BCUT2D eigenvalue weighted by Gasteiger charge is 2.32.